The summed E-state index contributed by atoms with van der Waals surface area (Å²) < 4.78 is 8.80. The van der Waals surface area contributed by atoms with Gasteiger partial charge in [0.25, 0.3) is 0 Å². The van der Waals surface area contributed by atoms with Crippen molar-refractivity contribution in [1.82, 2.24) is 7.96 Å². The number of nitrogens with one attached hydrogen (secondary N) is 1. The van der Waals surface area contributed by atoms with Gasteiger partial charge in [0.1, 0.15) is 0 Å². The fourth-order valence-corrected chi connectivity index (χ4v) is 3.14. The van der Waals surface area contributed by atoms with Gasteiger partial charge in [-0.3, -0.25) is 0 Å². The standard InChI is InChI=1S/C13H10ClN3Se/c14-10-5-2-1-4-9(10)8-15-11-6-3-7-12-13(11)17-18-16-12/h1-7,15H,8H2. The molecule has 0 radical (unpaired) electrons. The minimum atomic E-state index is 0.00447. The number of nitrogens with zero attached hydrogens (tertiary/aromatic N) is 2. The SMILES string of the molecule is Clc1ccccc1CNc1cccc2n[se]nc12. The zero-order valence-electron chi connectivity index (χ0n) is 9.43. The molecule has 3 nitrogen and oxygen atoms in total. The molecule has 1 N–H and O–H groups in total. The van der Waals surface area contributed by atoms with Gasteiger partial charge in [0, 0.05) is 0 Å². The number of rotatable bonds is 3. The van der Waals surface area contributed by atoms with Crippen molar-refractivity contribution in [2.45, 2.75) is 6.54 Å². The third-order valence-corrected chi connectivity index (χ3v) is 4.22. The van der Waals surface area contributed by atoms with Crippen LogP contribution in [0.1, 0.15) is 5.56 Å². The van der Waals surface area contributed by atoms with Crippen molar-refractivity contribution < 1.29 is 0 Å². The van der Waals surface area contributed by atoms with Crippen molar-refractivity contribution in [3.63, 3.8) is 0 Å². The predicted molar refractivity (Wildman–Crippen MR) is 75.3 cm³/mol. The van der Waals surface area contributed by atoms with E-state index in [0.717, 1.165) is 27.3 Å². The Morgan fingerprint density at radius 3 is 2.83 bits per heavy atom. The molecule has 0 bridgehead atoms. The Kier molecular flexibility index (Phi) is 3.32. The van der Waals surface area contributed by atoms with Crippen molar-refractivity contribution in [2.75, 3.05) is 5.32 Å². The summed E-state index contributed by atoms with van der Waals surface area (Å²) in [6.07, 6.45) is 0. The molecule has 1 aromatic heterocycles. The minimum absolute atomic E-state index is 0.00447. The molecule has 0 aliphatic heterocycles. The average Bonchev–Trinajstić information content (AvgIpc) is 2.86. The van der Waals surface area contributed by atoms with E-state index in [1.807, 2.05) is 42.5 Å². The van der Waals surface area contributed by atoms with E-state index in [1.165, 1.54) is 0 Å². The van der Waals surface area contributed by atoms with Crippen LogP contribution in [-0.2, 0) is 6.54 Å². The first-order valence-electron chi connectivity index (χ1n) is 5.53. The Labute approximate surface area is 116 Å². The zero-order valence-corrected chi connectivity index (χ0v) is 11.9. The van der Waals surface area contributed by atoms with E-state index >= 15 is 0 Å². The molecule has 3 rings (SSSR count). The van der Waals surface area contributed by atoms with Gasteiger partial charge in [-0.15, -0.1) is 0 Å². The second-order valence-corrected chi connectivity index (χ2v) is 5.40. The molecule has 0 saturated heterocycles. The van der Waals surface area contributed by atoms with Gasteiger partial charge in [0.2, 0.25) is 0 Å². The van der Waals surface area contributed by atoms with E-state index in [1.54, 1.807) is 0 Å². The van der Waals surface area contributed by atoms with Crippen LogP contribution in [0.3, 0.4) is 0 Å². The first kappa shape index (κ1) is 11.7. The molecule has 5 heteroatoms. The van der Waals surface area contributed by atoms with Crippen LogP contribution in [0, 0.1) is 0 Å². The van der Waals surface area contributed by atoms with Gasteiger partial charge in [0.05, 0.1) is 0 Å². The van der Waals surface area contributed by atoms with Crippen LogP contribution >= 0.6 is 11.6 Å². The molecule has 0 atom stereocenters. The van der Waals surface area contributed by atoms with E-state index in [2.05, 4.69) is 13.3 Å². The molecule has 18 heavy (non-hydrogen) atoms. The number of halogens is 1. The summed E-state index contributed by atoms with van der Waals surface area (Å²) in [5.41, 5.74) is 4.07. The summed E-state index contributed by atoms with van der Waals surface area (Å²) in [6, 6.07) is 13.9. The number of benzene rings is 2. The number of aromatic nitrogens is 2. The van der Waals surface area contributed by atoms with E-state index < -0.39 is 0 Å². The van der Waals surface area contributed by atoms with Crippen molar-refractivity contribution in [3.8, 4) is 0 Å². The van der Waals surface area contributed by atoms with Crippen molar-refractivity contribution >= 4 is 43.3 Å². The van der Waals surface area contributed by atoms with Gasteiger partial charge in [-0.2, -0.15) is 0 Å². The zero-order chi connectivity index (χ0) is 12.4. The van der Waals surface area contributed by atoms with E-state index in [4.69, 9.17) is 11.6 Å². The fraction of sp³-hybridized carbons (Fsp3) is 0.0769. The summed E-state index contributed by atoms with van der Waals surface area (Å²) >= 11 is 6.13. The molecular formula is C13H10ClN3Se. The molecular weight excluding hydrogens is 313 g/mol. The van der Waals surface area contributed by atoms with E-state index in [0.29, 0.717) is 6.54 Å². The number of hydrogen-bond acceptors (Lipinski definition) is 3. The number of anilines is 1. The molecule has 0 aliphatic rings. The van der Waals surface area contributed by atoms with E-state index in [-0.39, 0.29) is 15.0 Å². The summed E-state index contributed by atoms with van der Waals surface area (Å²) in [5.74, 6) is 0. The molecule has 90 valence electrons. The summed E-state index contributed by atoms with van der Waals surface area (Å²) in [7, 11) is 0. The summed E-state index contributed by atoms with van der Waals surface area (Å²) in [5, 5.41) is 4.15. The molecule has 1 heterocycles. The molecule has 0 unspecified atom stereocenters. The Hall–Kier alpha value is -1.35. The van der Waals surface area contributed by atoms with Crippen LogP contribution in [0.25, 0.3) is 11.0 Å². The topological polar surface area (TPSA) is 37.8 Å². The maximum absolute atomic E-state index is 6.13. The van der Waals surface area contributed by atoms with Crippen molar-refractivity contribution in [3.05, 3.63) is 53.1 Å². The fourth-order valence-electron chi connectivity index (χ4n) is 1.78. The molecule has 0 amide bonds. The third kappa shape index (κ3) is 2.27. The van der Waals surface area contributed by atoms with Gasteiger partial charge in [0.15, 0.2) is 0 Å². The number of hydrogen-bond donors (Lipinski definition) is 1. The summed E-state index contributed by atoms with van der Waals surface area (Å²) in [4.78, 5) is 0. The second-order valence-electron chi connectivity index (χ2n) is 3.88. The maximum atomic E-state index is 6.13. The first-order chi connectivity index (χ1) is 8.84. The average molecular weight is 323 g/mol. The van der Waals surface area contributed by atoms with Crippen molar-refractivity contribution in [2.24, 2.45) is 0 Å². The van der Waals surface area contributed by atoms with Crippen molar-refractivity contribution in [1.29, 1.82) is 0 Å². The van der Waals surface area contributed by atoms with Crippen LogP contribution in [-0.4, -0.2) is 22.9 Å². The molecule has 2 aromatic carbocycles. The Morgan fingerprint density at radius 2 is 1.94 bits per heavy atom. The second kappa shape index (κ2) is 5.10. The predicted octanol–water partition coefficient (Wildman–Crippen LogP) is 2.95. The molecule has 0 aliphatic carbocycles. The van der Waals surface area contributed by atoms with Crippen LogP contribution < -0.4 is 5.32 Å². The quantitative estimate of drug-likeness (QED) is 0.753. The van der Waals surface area contributed by atoms with Gasteiger partial charge in [-0.1, -0.05) is 0 Å². The van der Waals surface area contributed by atoms with Crippen LogP contribution in [0.5, 0.6) is 0 Å². The van der Waals surface area contributed by atoms with Crippen LogP contribution in [0.4, 0.5) is 5.69 Å². The number of fused-ring (bicyclic) bond motifs is 1. The summed E-state index contributed by atoms with van der Waals surface area (Å²) in [6.45, 7) is 0.693. The Morgan fingerprint density at radius 1 is 1.06 bits per heavy atom. The third-order valence-electron chi connectivity index (χ3n) is 2.71. The molecule has 0 spiro atoms. The van der Waals surface area contributed by atoms with Gasteiger partial charge in [-0.25, -0.2) is 0 Å². The molecule has 0 saturated carbocycles. The Bertz CT molecular complexity index is 681. The Balaban J connectivity index is 1.85. The first-order valence-corrected chi connectivity index (χ1v) is 7.44. The molecule has 0 fully saturated rings. The van der Waals surface area contributed by atoms with Crippen LogP contribution in [0.15, 0.2) is 42.5 Å². The molecule has 3 aromatic rings. The van der Waals surface area contributed by atoms with Gasteiger partial charge in [-0.05, 0) is 0 Å². The van der Waals surface area contributed by atoms with Gasteiger partial charge >= 0.3 is 116 Å². The monoisotopic (exact) mass is 323 g/mol. The van der Waals surface area contributed by atoms with Crippen LogP contribution in [0.2, 0.25) is 5.02 Å². The normalized spacial score (nSPS) is 10.7. The van der Waals surface area contributed by atoms with E-state index in [9.17, 15) is 0 Å². The van der Waals surface area contributed by atoms with Gasteiger partial charge < -0.3 is 0 Å².